The van der Waals surface area contributed by atoms with Crippen LogP contribution in [-0.2, 0) is 10.0 Å². The van der Waals surface area contributed by atoms with Crippen molar-refractivity contribution in [2.45, 2.75) is 24.8 Å². The molecule has 0 saturated heterocycles. The fraction of sp³-hybridized carbons (Fsp3) is 0.364. The van der Waals surface area contributed by atoms with Crippen LogP contribution in [-0.4, -0.2) is 26.8 Å². The first-order valence-corrected chi connectivity index (χ1v) is 6.68. The second kappa shape index (κ2) is 5.39. The third kappa shape index (κ3) is 3.62. The van der Waals surface area contributed by atoms with Crippen molar-refractivity contribution in [3.8, 4) is 0 Å². The summed E-state index contributed by atoms with van der Waals surface area (Å²) >= 11 is 0. The van der Waals surface area contributed by atoms with Gasteiger partial charge in [-0.15, -0.1) is 0 Å². The summed E-state index contributed by atoms with van der Waals surface area (Å²) < 4.78 is 26.2. The molecule has 0 radical (unpaired) electrons. The molecule has 0 spiro atoms. The molecule has 0 saturated carbocycles. The molecule has 94 valence electrons. The van der Waals surface area contributed by atoms with Crippen LogP contribution in [0.2, 0.25) is 0 Å². The molecule has 0 unspecified atom stereocenters. The Morgan fingerprint density at radius 1 is 1.47 bits per heavy atom. The van der Waals surface area contributed by atoms with Crippen LogP contribution in [0.4, 0.5) is 0 Å². The van der Waals surface area contributed by atoms with Crippen molar-refractivity contribution in [1.82, 2.24) is 4.72 Å². The minimum absolute atomic E-state index is 0.0745. The summed E-state index contributed by atoms with van der Waals surface area (Å²) in [6.07, 6.45) is 0. The van der Waals surface area contributed by atoms with Crippen LogP contribution in [0, 0.1) is 0 Å². The number of nitrogens with two attached hydrogens (primary N) is 1. The summed E-state index contributed by atoms with van der Waals surface area (Å²) in [6.45, 7) is 3.28. The fourth-order valence-electron chi connectivity index (χ4n) is 1.26. The Labute approximate surface area is 101 Å². The predicted molar refractivity (Wildman–Crippen MR) is 65.3 cm³/mol. The summed E-state index contributed by atoms with van der Waals surface area (Å²) in [6, 6.07) is 5.57. The minimum Gasteiger partial charge on any atom is -0.329 e. The minimum atomic E-state index is -3.61. The summed E-state index contributed by atoms with van der Waals surface area (Å²) in [5.41, 5.74) is 5.72. The maximum Gasteiger partial charge on any atom is 0.240 e. The van der Waals surface area contributed by atoms with Crippen LogP contribution in [0.25, 0.3) is 0 Å². The second-order valence-electron chi connectivity index (χ2n) is 3.84. The maximum atomic E-state index is 11.9. The number of ketones is 1. The van der Waals surface area contributed by atoms with Gasteiger partial charge in [0.15, 0.2) is 5.78 Å². The number of nitrogens with one attached hydrogen (secondary N) is 1. The Hall–Kier alpha value is -1.24. The van der Waals surface area contributed by atoms with Gasteiger partial charge in [0.2, 0.25) is 10.0 Å². The first kappa shape index (κ1) is 13.8. The molecular formula is C11H16N2O3S. The Balaban J connectivity index is 3.07. The van der Waals surface area contributed by atoms with Crippen molar-refractivity contribution in [1.29, 1.82) is 0 Å². The van der Waals surface area contributed by atoms with Gasteiger partial charge in [-0.25, -0.2) is 13.1 Å². The molecule has 1 atom stereocenters. The molecule has 1 aromatic rings. The third-order valence-corrected chi connectivity index (χ3v) is 3.85. The first-order chi connectivity index (χ1) is 7.86. The summed E-state index contributed by atoms with van der Waals surface area (Å²) in [5.74, 6) is -0.172. The van der Waals surface area contributed by atoms with Gasteiger partial charge in [0.1, 0.15) is 0 Å². The Morgan fingerprint density at radius 2 is 2.12 bits per heavy atom. The summed E-state index contributed by atoms with van der Waals surface area (Å²) in [4.78, 5) is 11.2. The van der Waals surface area contributed by atoms with Gasteiger partial charge in [0.05, 0.1) is 4.90 Å². The molecule has 0 aliphatic heterocycles. The van der Waals surface area contributed by atoms with Gasteiger partial charge in [0.25, 0.3) is 0 Å². The SMILES string of the molecule is CC(=O)c1cccc(S(=O)(=O)N[C@H](C)CN)c1. The third-order valence-electron chi connectivity index (χ3n) is 2.26. The molecule has 0 heterocycles. The monoisotopic (exact) mass is 256 g/mol. The number of carbonyl (C=O) groups excluding carboxylic acids is 1. The largest absolute Gasteiger partial charge is 0.329 e. The molecule has 0 bridgehead atoms. The zero-order valence-electron chi connectivity index (χ0n) is 9.80. The molecular weight excluding hydrogens is 240 g/mol. The molecule has 0 aromatic heterocycles. The standard InChI is InChI=1S/C11H16N2O3S/c1-8(7-12)13-17(15,16)11-5-3-4-10(6-11)9(2)14/h3-6,8,13H,7,12H2,1-2H3/t8-/m1/s1. The highest BCUT2D eigenvalue weighted by molar-refractivity contribution is 7.89. The van der Waals surface area contributed by atoms with Gasteiger partial charge >= 0.3 is 0 Å². The Morgan fingerprint density at radius 3 is 2.65 bits per heavy atom. The number of sulfonamides is 1. The van der Waals surface area contributed by atoms with E-state index < -0.39 is 10.0 Å². The lowest BCUT2D eigenvalue weighted by Gasteiger charge is -2.12. The van der Waals surface area contributed by atoms with E-state index >= 15 is 0 Å². The average molecular weight is 256 g/mol. The highest BCUT2D eigenvalue weighted by Crippen LogP contribution is 2.12. The van der Waals surface area contributed by atoms with Crippen molar-refractivity contribution >= 4 is 15.8 Å². The number of hydrogen-bond donors (Lipinski definition) is 2. The van der Waals surface area contributed by atoms with E-state index in [1.165, 1.54) is 19.1 Å². The number of rotatable bonds is 5. The highest BCUT2D eigenvalue weighted by Gasteiger charge is 2.17. The van der Waals surface area contributed by atoms with Gasteiger partial charge in [0, 0.05) is 18.2 Å². The zero-order chi connectivity index (χ0) is 13.1. The lowest BCUT2D eigenvalue weighted by molar-refractivity contribution is 0.101. The second-order valence-corrected chi connectivity index (χ2v) is 5.56. The normalized spacial score (nSPS) is 13.4. The molecule has 0 fully saturated rings. The molecule has 5 nitrogen and oxygen atoms in total. The molecule has 0 amide bonds. The number of hydrogen-bond acceptors (Lipinski definition) is 4. The maximum absolute atomic E-state index is 11.9. The fourth-order valence-corrected chi connectivity index (χ4v) is 2.57. The number of benzene rings is 1. The average Bonchev–Trinajstić information content (AvgIpc) is 2.28. The predicted octanol–water partition coefficient (Wildman–Crippen LogP) is 0.515. The van der Waals surface area contributed by atoms with Gasteiger partial charge in [-0.3, -0.25) is 4.79 Å². The molecule has 17 heavy (non-hydrogen) atoms. The smallest absolute Gasteiger partial charge is 0.240 e. The van der Waals surface area contributed by atoms with Crippen LogP contribution in [0.15, 0.2) is 29.2 Å². The van der Waals surface area contributed by atoms with Gasteiger partial charge < -0.3 is 5.73 Å². The summed E-state index contributed by atoms with van der Waals surface area (Å²) in [5, 5.41) is 0. The van der Waals surface area contributed by atoms with E-state index in [2.05, 4.69) is 4.72 Å². The van der Waals surface area contributed by atoms with Crippen molar-refractivity contribution in [3.63, 3.8) is 0 Å². The van der Waals surface area contributed by atoms with Gasteiger partial charge in [-0.05, 0) is 26.0 Å². The Kier molecular flexibility index (Phi) is 4.39. The molecule has 3 N–H and O–H groups in total. The van der Waals surface area contributed by atoms with Crippen molar-refractivity contribution in [2.24, 2.45) is 5.73 Å². The number of Topliss-reactive ketones (excluding diaryl/α,β-unsaturated/α-hetero) is 1. The van der Waals surface area contributed by atoms with Crippen LogP contribution in [0.5, 0.6) is 0 Å². The molecule has 1 rings (SSSR count). The summed E-state index contributed by atoms with van der Waals surface area (Å²) in [7, 11) is -3.61. The van der Waals surface area contributed by atoms with Crippen LogP contribution in [0.3, 0.4) is 0 Å². The molecule has 0 aliphatic rings. The van der Waals surface area contributed by atoms with Crippen LogP contribution in [0.1, 0.15) is 24.2 Å². The van der Waals surface area contributed by atoms with E-state index in [-0.39, 0.29) is 23.3 Å². The van der Waals surface area contributed by atoms with Crippen LogP contribution < -0.4 is 10.5 Å². The Bertz CT molecular complexity index is 511. The molecule has 6 heteroatoms. The lowest BCUT2D eigenvalue weighted by Crippen LogP contribution is -2.37. The molecule has 0 aliphatic carbocycles. The van der Waals surface area contributed by atoms with Crippen molar-refractivity contribution in [3.05, 3.63) is 29.8 Å². The van der Waals surface area contributed by atoms with E-state index in [0.29, 0.717) is 5.56 Å². The van der Waals surface area contributed by atoms with Crippen molar-refractivity contribution in [2.75, 3.05) is 6.54 Å². The van der Waals surface area contributed by atoms with E-state index in [0.717, 1.165) is 0 Å². The van der Waals surface area contributed by atoms with E-state index in [1.54, 1.807) is 19.1 Å². The van der Waals surface area contributed by atoms with Gasteiger partial charge in [-0.1, -0.05) is 12.1 Å². The van der Waals surface area contributed by atoms with E-state index in [4.69, 9.17) is 5.73 Å². The zero-order valence-corrected chi connectivity index (χ0v) is 10.6. The van der Waals surface area contributed by atoms with E-state index in [9.17, 15) is 13.2 Å². The first-order valence-electron chi connectivity index (χ1n) is 5.20. The van der Waals surface area contributed by atoms with Gasteiger partial charge in [-0.2, -0.15) is 0 Å². The highest BCUT2D eigenvalue weighted by atomic mass is 32.2. The van der Waals surface area contributed by atoms with Crippen molar-refractivity contribution < 1.29 is 13.2 Å². The molecule has 1 aromatic carbocycles. The lowest BCUT2D eigenvalue weighted by atomic mass is 10.2. The quantitative estimate of drug-likeness (QED) is 0.751. The number of carbonyl (C=O) groups is 1. The van der Waals surface area contributed by atoms with E-state index in [1.807, 2.05) is 0 Å². The topological polar surface area (TPSA) is 89.3 Å². The van der Waals surface area contributed by atoms with Crippen LogP contribution >= 0.6 is 0 Å².